The Morgan fingerprint density at radius 3 is 1.54 bits per heavy atom. The van der Waals surface area contributed by atoms with Crippen LogP contribution in [0.25, 0.3) is 130 Å². The molecule has 4 heteroatoms. The number of hydrogen-bond donors (Lipinski definition) is 0. The lowest BCUT2D eigenvalue weighted by molar-refractivity contribution is 0.665. The minimum Gasteiger partial charge on any atom is -0.456 e. The molecule has 0 spiro atoms. The molecule has 56 heavy (non-hydrogen) atoms. The van der Waals surface area contributed by atoms with Gasteiger partial charge in [-0.15, -0.1) is 11.3 Å². The highest BCUT2D eigenvalue weighted by molar-refractivity contribution is 7.23. The van der Waals surface area contributed by atoms with Crippen molar-refractivity contribution in [2.45, 2.75) is 0 Å². The van der Waals surface area contributed by atoms with Crippen molar-refractivity contribution in [3.05, 3.63) is 170 Å². The summed E-state index contributed by atoms with van der Waals surface area (Å²) in [6, 6.07) is 60.5. The Balaban J connectivity index is 1.19. The van der Waals surface area contributed by atoms with E-state index in [0.29, 0.717) is 0 Å². The average molecular weight is 733 g/mol. The fourth-order valence-electron chi connectivity index (χ4n) is 9.34. The molecule has 0 aliphatic rings. The van der Waals surface area contributed by atoms with Gasteiger partial charge >= 0.3 is 0 Å². The predicted octanol–water partition coefficient (Wildman–Crippen LogP) is 15.9. The van der Waals surface area contributed by atoms with Crippen LogP contribution in [0.1, 0.15) is 0 Å². The molecule has 0 atom stereocenters. The molecule has 4 aromatic heterocycles. The summed E-state index contributed by atoms with van der Waals surface area (Å²) in [5.41, 5.74) is 11.1. The standard InChI is InChI=1S/C52H28O3S/c1-2-14-29(15-3-1)45-32-17-4-6-19-34(32)46(35-20-7-5-18-33(35)45)39-26-30-27-44(56-52(30)51-47(39)36-21-9-13-25-42(36)55-51)49-48-37-22-10-12-24-41(37)53-43(48)28-38-31-16-8-11-23-40(31)54-50(38)49/h1-28H. The van der Waals surface area contributed by atoms with E-state index in [1.807, 2.05) is 24.3 Å². The number of fused-ring (bicyclic) bond motifs is 13. The summed E-state index contributed by atoms with van der Waals surface area (Å²) >= 11 is 1.76. The number of furan rings is 3. The van der Waals surface area contributed by atoms with E-state index in [1.165, 1.54) is 38.2 Å². The van der Waals surface area contributed by atoms with Gasteiger partial charge < -0.3 is 13.3 Å². The van der Waals surface area contributed by atoms with Crippen LogP contribution in [0, 0.1) is 0 Å². The second kappa shape index (κ2) is 11.2. The van der Waals surface area contributed by atoms with E-state index < -0.39 is 0 Å². The van der Waals surface area contributed by atoms with Crippen molar-refractivity contribution in [1.82, 2.24) is 0 Å². The van der Waals surface area contributed by atoms with Crippen molar-refractivity contribution in [2.75, 3.05) is 0 Å². The Kier molecular flexibility index (Phi) is 6.04. The molecular weight excluding hydrogens is 705 g/mol. The number of benzene rings is 9. The summed E-state index contributed by atoms with van der Waals surface area (Å²) in [5.74, 6) is 0. The molecule has 3 nitrogen and oxygen atoms in total. The first-order chi connectivity index (χ1) is 27.8. The molecule has 0 N–H and O–H groups in total. The minimum absolute atomic E-state index is 0.851. The van der Waals surface area contributed by atoms with Gasteiger partial charge in [-0.05, 0) is 85.6 Å². The molecule has 13 aromatic rings. The van der Waals surface area contributed by atoms with Crippen LogP contribution in [-0.2, 0) is 0 Å². The lowest BCUT2D eigenvalue weighted by Crippen LogP contribution is -1.91. The molecule has 260 valence electrons. The van der Waals surface area contributed by atoms with Crippen molar-refractivity contribution in [3.8, 4) is 32.7 Å². The van der Waals surface area contributed by atoms with Crippen molar-refractivity contribution in [1.29, 1.82) is 0 Å². The predicted molar refractivity (Wildman–Crippen MR) is 235 cm³/mol. The highest BCUT2D eigenvalue weighted by Crippen LogP contribution is 2.52. The molecule has 0 radical (unpaired) electrons. The van der Waals surface area contributed by atoms with Gasteiger partial charge in [-0.3, -0.25) is 0 Å². The topological polar surface area (TPSA) is 39.4 Å². The van der Waals surface area contributed by atoms with Gasteiger partial charge in [-0.2, -0.15) is 0 Å². The lowest BCUT2D eigenvalue weighted by atomic mass is 9.84. The van der Waals surface area contributed by atoms with Crippen LogP contribution in [-0.4, -0.2) is 0 Å². The van der Waals surface area contributed by atoms with Crippen LogP contribution in [0.2, 0.25) is 0 Å². The summed E-state index contributed by atoms with van der Waals surface area (Å²) in [6.45, 7) is 0. The largest absolute Gasteiger partial charge is 0.456 e. The number of rotatable bonds is 3. The molecule has 13 rings (SSSR count). The van der Waals surface area contributed by atoms with E-state index >= 15 is 0 Å². The van der Waals surface area contributed by atoms with Gasteiger partial charge in [0.2, 0.25) is 0 Å². The number of para-hydroxylation sites is 3. The van der Waals surface area contributed by atoms with Crippen LogP contribution >= 0.6 is 11.3 Å². The second-order valence-electron chi connectivity index (χ2n) is 14.7. The van der Waals surface area contributed by atoms with E-state index in [9.17, 15) is 0 Å². The highest BCUT2D eigenvalue weighted by atomic mass is 32.1. The Hall–Kier alpha value is -7.14. The second-order valence-corrected chi connectivity index (χ2v) is 15.7. The number of hydrogen-bond acceptors (Lipinski definition) is 4. The molecule has 0 unspecified atom stereocenters. The number of thiophene rings is 1. The maximum Gasteiger partial charge on any atom is 0.153 e. The Labute approximate surface area is 323 Å². The van der Waals surface area contributed by atoms with Gasteiger partial charge in [0.1, 0.15) is 27.9 Å². The fraction of sp³-hybridized carbons (Fsp3) is 0. The van der Waals surface area contributed by atoms with Crippen molar-refractivity contribution in [2.24, 2.45) is 0 Å². The molecule has 0 aliphatic heterocycles. The SMILES string of the molecule is c1ccc(-c2c3ccccc3c(-c3cc4cc(-c5c6oc7ccccc7c6cc6oc7ccccc7c56)sc4c4oc5ccccc5c34)c3ccccc23)cc1. The lowest BCUT2D eigenvalue weighted by Gasteiger charge is -2.18. The van der Waals surface area contributed by atoms with Gasteiger partial charge in [0.15, 0.2) is 5.58 Å². The van der Waals surface area contributed by atoms with Gasteiger partial charge in [0.25, 0.3) is 0 Å². The van der Waals surface area contributed by atoms with E-state index in [4.69, 9.17) is 13.3 Å². The average Bonchev–Trinajstić information content (AvgIpc) is 4.03. The molecule has 0 bridgehead atoms. The third kappa shape index (κ3) is 4.06. The first-order valence-electron chi connectivity index (χ1n) is 18.9. The normalized spacial score (nSPS) is 12.3. The van der Waals surface area contributed by atoms with Crippen LogP contribution in [0.5, 0.6) is 0 Å². The zero-order valence-corrected chi connectivity index (χ0v) is 30.6. The van der Waals surface area contributed by atoms with Crippen LogP contribution in [0.3, 0.4) is 0 Å². The molecule has 0 aliphatic carbocycles. The summed E-state index contributed by atoms with van der Waals surface area (Å²) in [7, 11) is 0. The minimum atomic E-state index is 0.851. The molecule has 0 saturated heterocycles. The van der Waals surface area contributed by atoms with E-state index in [-0.39, 0.29) is 0 Å². The fourth-order valence-corrected chi connectivity index (χ4v) is 10.5. The van der Waals surface area contributed by atoms with Crippen molar-refractivity contribution < 1.29 is 13.3 Å². The molecule has 9 aromatic carbocycles. The van der Waals surface area contributed by atoms with Crippen molar-refractivity contribution in [3.63, 3.8) is 0 Å². The van der Waals surface area contributed by atoms with E-state index in [0.717, 1.165) is 91.9 Å². The third-order valence-electron chi connectivity index (χ3n) is 11.7. The highest BCUT2D eigenvalue weighted by Gasteiger charge is 2.26. The summed E-state index contributed by atoms with van der Waals surface area (Å²) < 4.78 is 21.4. The van der Waals surface area contributed by atoms with Crippen LogP contribution in [0.15, 0.2) is 183 Å². The molecule has 0 saturated carbocycles. The maximum atomic E-state index is 6.94. The van der Waals surface area contributed by atoms with Gasteiger partial charge in [0, 0.05) is 42.8 Å². The summed E-state index contributed by atoms with van der Waals surface area (Å²) in [5, 5.41) is 12.5. The molecule has 0 amide bonds. The first kappa shape index (κ1) is 30.2. The van der Waals surface area contributed by atoms with Crippen LogP contribution in [0.4, 0.5) is 0 Å². The maximum absolute atomic E-state index is 6.94. The Bertz CT molecular complexity index is 3700. The summed E-state index contributed by atoms with van der Waals surface area (Å²) in [4.78, 5) is 1.11. The van der Waals surface area contributed by atoms with Gasteiger partial charge in [-0.25, -0.2) is 0 Å². The van der Waals surface area contributed by atoms with Crippen molar-refractivity contribution >= 4 is 109 Å². The molecule has 4 heterocycles. The van der Waals surface area contributed by atoms with Gasteiger partial charge in [0.05, 0.1) is 4.70 Å². The Morgan fingerprint density at radius 2 is 0.857 bits per heavy atom. The zero-order valence-electron chi connectivity index (χ0n) is 29.8. The third-order valence-corrected chi connectivity index (χ3v) is 12.8. The quantitative estimate of drug-likeness (QED) is 0.170. The van der Waals surface area contributed by atoms with E-state index in [1.54, 1.807) is 11.3 Å². The van der Waals surface area contributed by atoms with Gasteiger partial charge in [-0.1, -0.05) is 133 Å². The zero-order chi connectivity index (χ0) is 36.5. The van der Waals surface area contributed by atoms with Crippen LogP contribution < -0.4 is 0 Å². The summed E-state index contributed by atoms with van der Waals surface area (Å²) in [6.07, 6.45) is 0. The first-order valence-corrected chi connectivity index (χ1v) is 19.7. The Morgan fingerprint density at radius 1 is 0.339 bits per heavy atom. The monoisotopic (exact) mass is 732 g/mol. The smallest absolute Gasteiger partial charge is 0.153 e. The van der Waals surface area contributed by atoms with E-state index in [2.05, 4.69) is 146 Å². The molecular formula is C52H28O3S. The molecule has 0 fully saturated rings.